The van der Waals surface area contributed by atoms with E-state index in [9.17, 15) is 0 Å². The Bertz CT molecular complexity index is 308. The van der Waals surface area contributed by atoms with Crippen molar-refractivity contribution in [2.75, 3.05) is 6.61 Å². The monoisotopic (exact) mass is 222 g/mol. The molecule has 1 saturated heterocycles. The Kier molecular flexibility index (Phi) is 4.07. The Morgan fingerprint density at radius 2 is 1.94 bits per heavy atom. The van der Waals surface area contributed by atoms with Gasteiger partial charge in [0.2, 0.25) is 0 Å². The second-order valence-electron chi connectivity index (χ2n) is 3.66. The van der Waals surface area contributed by atoms with Gasteiger partial charge in [-0.05, 0) is 37.1 Å². The molecular weight excluding hydrogens is 207 g/mol. The van der Waals surface area contributed by atoms with E-state index >= 15 is 0 Å². The molecule has 0 amide bonds. The van der Waals surface area contributed by atoms with Crippen LogP contribution in [0.4, 0.5) is 0 Å². The molecule has 1 aliphatic rings. The van der Waals surface area contributed by atoms with Gasteiger partial charge in [0.25, 0.3) is 0 Å². The predicted octanol–water partition coefficient (Wildman–Crippen LogP) is 1.23. The van der Waals surface area contributed by atoms with E-state index < -0.39 is 0 Å². The summed E-state index contributed by atoms with van der Waals surface area (Å²) in [4.78, 5) is 0. The van der Waals surface area contributed by atoms with Crippen molar-refractivity contribution in [3.05, 3.63) is 24.3 Å². The maximum atomic E-state index is 8.58. The van der Waals surface area contributed by atoms with Crippen molar-refractivity contribution >= 4 is 7.69 Å². The maximum absolute atomic E-state index is 8.58. The van der Waals surface area contributed by atoms with Gasteiger partial charge in [0.05, 0.1) is 6.61 Å². The van der Waals surface area contributed by atoms with Crippen LogP contribution < -0.4 is 9.39 Å². The summed E-state index contributed by atoms with van der Waals surface area (Å²) in [6.45, 7) is 0.774. The molecule has 16 heavy (non-hydrogen) atoms. The minimum absolute atomic E-state index is 0.127. The molecule has 1 fully saturated rings. The minimum atomic E-state index is -0.314. The predicted molar refractivity (Wildman–Crippen MR) is 60.7 cm³/mol. The first kappa shape index (κ1) is 11.3. The van der Waals surface area contributed by atoms with E-state index in [0.29, 0.717) is 5.75 Å². The molecule has 0 radical (unpaired) electrons. The van der Waals surface area contributed by atoms with E-state index in [1.54, 1.807) is 12.1 Å². The lowest BCUT2D eigenvalue weighted by molar-refractivity contribution is -0.105. The average molecular weight is 222 g/mol. The number of rotatable bonds is 4. The first-order valence-corrected chi connectivity index (χ1v) is 5.50. The highest BCUT2D eigenvalue weighted by Crippen LogP contribution is 2.21. The fourth-order valence-corrected chi connectivity index (χ4v) is 1.64. The summed E-state index contributed by atoms with van der Waals surface area (Å²) in [6, 6.07) is 7.13. The zero-order chi connectivity index (χ0) is 11.2. The van der Waals surface area contributed by atoms with Crippen molar-refractivity contribution in [2.45, 2.75) is 25.6 Å². The summed E-state index contributed by atoms with van der Waals surface area (Å²) in [5, 5.41) is 8.58. The zero-order valence-corrected chi connectivity index (χ0v) is 9.09. The van der Waals surface area contributed by atoms with Crippen molar-refractivity contribution in [3.8, 4) is 11.5 Å². The normalized spacial score (nSPS) is 20.2. The van der Waals surface area contributed by atoms with Crippen molar-refractivity contribution in [1.82, 2.24) is 0 Å². The lowest BCUT2D eigenvalue weighted by Gasteiger charge is -2.23. The molecule has 1 unspecified atom stereocenters. The van der Waals surface area contributed by atoms with Crippen molar-refractivity contribution in [1.29, 1.82) is 0 Å². The number of benzene rings is 1. The van der Waals surface area contributed by atoms with Crippen LogP contribution in [-0.4, -0.2) is 25.6 Å². The van der Waals surface area contributed by atoms with E-state index in [-0.39, 0.29) is 14.0 Å². The third kappa shape index (κ3) is 3.15. The minimum Gasteiger partial charge on any atom is -0.539 e. The Morgan fingerprint density at radius 1 is 1.19 bits per heavy atom. The number of hydrogen-bond donors (Lipinski definition) is 1. The molecule has 2 rings (SSSR count). The van der Waals surface area contributed by atoms with Crippen LogP contribution in [0, 0.1) is 0 Å². The van der Waals surface area contributed by atoms with Crippen molar-refractivity contribution < 1.29 is 19.2 Å². The van der Waals surface area contributed by atoms with E-state index in [1.807, 2.05) is 12.1 Å². The van der Waals surface area contributed by atoms with E-state index in [2.05, 4.69) is 0 Å². The molecule has 0 aliphatic carbocycles. The quantitative estimate of drug-likeness (QED) is 0.778. The summed E-state index contributed by atoms with van der Waals surface area (Å²) in [5.41, 5.74) is 0. The summed E-state index contributed by atoms with van der Waals surface area (Å²) >= 11 is 0. The van der Waals surface area contributed by atoms with Gasteiger partial charge in [0.15, 0.2) is 6.29 Å². The second kappa shape index (κ2) is 5.77. The van der Waals surface area contributed by atoms with Crippen LogP contribution in [0.5, 0.6) is 11.5 Å². The second-order valence-corrected chi connectivity index (χ2v) is 3.66. The Labute approximate surface area is 95.4 Å². The summed E-state index contributed by atoms with van der Waals surface area (Å²) < 4.78 is 16.0. The molecule has 0 aromatic heterocycles. The zero-order valence-electron chi connectivity index (χ0n) is 9.09. The van der Waals surface area contributed by atoms with Gasteiger partial charge in [-0.15, -0.1) is 0 Å². The molecule has 4 nitrogen and oxygen atoms in total. The summed E-state index contributed by atoms with van der Waals surface area (Å²) in [5.74, 6) is 1.39. The topological polar surface area (TPSA) is 47.9 Å². The highest BCUT2D eigenvalue weighted by atomic mass is 16.7. The van der Waals surface area contributed by atoms with Gasteiger partial charge < -0.3 is 19.2 Å². The first-order valence-electron chi connectivity index (χ1n) is 5.50. The van der Waals surface area contributed by atoms with Gasteiger partial charge in [-0.1, -0.05) is 0 Å². The average Bonchev–Trinajstić information content (AvgIpc) is 2.33. The molecule has 0 spiro atoms. The number of ether oxygens (including phenoxy) is 2. The third-order valence-corrected chi connectivity index (χ3v) is 2.46. The van der Waals surface area contributed by atoms with Crippen LogP contribution in [0.15, 0.2) is 24.3 Å². The van der Waals surface area contributed by atoms with Crippen LogP contribution in [0.1, 0.15) is 19.3 Å². The van der Waals surface area contributed by atoms with Crippen LogP contribution in [-0.2, 0) is 4.74 Å². The number of hydrogen-bond acceptors (Lipinski definition) is 4. The van der Waals surface area contributed by atoms with E-state index in [0.717, 1.165) is 31.6 Å². The highest BCUT2D eigenvalue weighted by Gasteiger charge is 2.14. The van der Waals surface area contributed by atoms with Gasteiger partial charge >= 0.3 is 7.69 Å². The summed E-state index contributed by atoms with van der Waals surface area (Å²) in [7, 11) is -0.314. The highest BCUT2D eigenvalue weighted by molar-refractivity contribution is 6.17. The summed E-state index contributed by atoms with van der Waals surface area (Å²) in [6.07, 6.45) is 3.08. The SMILES string of the molecule is OBOc1ccc(OC2CCCCO2)cc1. The lowest BCUT2D eigenvalue weighted by atomic mass is 10.2. The molecule has 5 heteroatoms. The lowest BCUT2D eigenvalue weighted by Crippen LogP contribution is -2.24. The molecule has 1 N–H and O–H groups in total. The molecule has 0 bridgehead atoms. The van der Waals surface area contributed by atoms with Crippen molar-refractivity contribution in [2.24, 2.45) is 0 Å². The molecule has 0 saturated carbocycles. The van der Waals surface area contributed by atoms with Gasteiger partial charge in [0.1, 0.15) is 11.5 Å². The smallest absolute Gasteiger partial charge is 0.504 e. The Balaban J connectivity index is 1.88. The fourth-order valence-electron chi connectivity index (χ4n) is 1.64. The van der Waals surface area contributed by atoms with Gasteiger partial charge in [-0.2, -0.15) is 0 Å². The van der Waals surface area contributed by atoms with Crippen LogP contribution >= 0.6 is 0 Å². The molecule has 1 aromatic rings. The molecule has 1 aliphatic heterocycles. The third-order valence-electron chi connectivity index (χ3n) is 2.46. The van der Waals surface area contributed by atoms with E-state index in [4.69, 9.17) is 19.2 Å². The van der Waals surface area contributed by atoms with Gasteiger partial charge in [0, 0.05) is 6.42 Å². The van der Waals surface area contributed by atoms with Crippen LogP contribution in [0.25, 0.3) is 0 Å². The van der Waals surface area contributed by atoms with Crippen molar-refractivity contribution in [3.63, 3.8) is 0 Å². The fraction of sp³-hybridized carbons (Fsp3) is 0.455. The maximum Gasteiger partial charge on any atom is 0.504 e. The first-order chi connectivity index (χ1) is 7.88. The van der Waals surface area contributed by atoms with Crippen LogP contribution in [0.3, 0.4) is 0 Å². The van der Waals surface area contributed by atoms with Gasteiger partial charge in [-0.25, -0.2) is 0 Å². The standard InChI is InChI=1S/C11H15BO4/c13-12-16-10-6-4-9(5-7-10)15-11-3-1-2-8-14-11/h4-7,11-13H,1-3,8H2. The van der Waals surface area contributed by atoms with Crippen LogP contribution in [0.2, 0.25) is 0 Å². The van der Waals surface area contributed by atoms with Gasteiger partial charge in [-0.3, -0.25) is 0 Å². The molecular formula is C11H15BO4. The molecule has 1 atom stereocenters. The Hall–Kier alpha value is -1.20. The Morgan fingerprint density at radius 3 is 2.56 bits per heavy atom. The van der Waals surface area contributed by atoms with E-state index in [1.165, 1.54) is 0 Å². The molecule has 1 aromatic carbocycles. The molecule has 1 heterocycles. The molecule has 86 valence electrons. The largest absolute Gasteiger partial charge is 0.539 e.